The number of carbonyl (C=O) groups excluding carboxylic acids is 1. The first-order valence-electron chi connectivity index (χ1n) is 9.45. The molecule has 1 amide bonds. The van der Waals surface area contributed by atoms with Crippen molar-refractivity contribution in [2.24, 2.45) is 0 Å². The van der Waals surface area contributed by atoms with E-state index in [0.29, 0.717) is 5.16 Å². The number of nitrogens with zero attached hydrogens (tertiary/aromatic N) is 4. The fourth-order valence-electron chi connectivity index (χ4n) is 3.01. The van der Waals surface area contributed by atoms with Crippen LogP contribution in [-0.2, 0) is 4.79 Å². The third-order valence-electron chi connectivity index (χ3n) is 4.52. The summed E-state index contributed by atoms with van der Waals surface area (Å²) in [4.78, 5) is 23.9. The van der Waals surface area contributed by atoms with Gasteiger partial charge in [0.1, 0.15) is 16.6 Å². The average Bonchev–Trinajstić information content (AvgIpc) is 3.28. The monoisotopic (exact) mass is 465 g/mol. The summed E-state index contributed by atoms with van der Waals surface area (Å²) < 4.78 is 1.79. The molecule has 0 aliphatic rings. The molecule has 0 aliphatic heterocycles. The van der Waals surface area contributed by atoms with Crippen molar-refractivity contribution in [2.45, 2.75) is 10.4 Å². The Bertz CT molecular complexity index is 1250. The number of amides is 1. The van der Waals surface area contributed by atoms with Crippen molar-refractivity contribution in [1.82, 2.24) is 14.8 Å². The van der Waals surface area contributed by atoms with Gasteiger partial charge in [0.25, 0.3) is 5.69 Å². The van der Waals surface area contributed by atoms with E-state index in [-0.39, 0.29) is 22.3 Å². The molecular weight excluding hydrogens is 450 g/mol. The van der Waals surface area contributed by atoms with Gasteiger partial charge in [-0.05, 0) is 29.8 Å². The summed E-state index contributed by atoms with van der Waals surface area (Å²) in [6.45, 7) is 0. The second kappa shape index (κ2) is 9.63. The van der Waals surface area contributed by atoms with Gasteiger partial charge in [0, 0.05) is 17.4 Å². The van der Waals surface area contributed by atoms with Crippen LogP contribution in [0.1, 0.15) is 10.8 Å². The van der Waals surface area contributed by atoms with Crippen LogP contribution in [0.25, 0.3) is 5.69 Å². The van der Waals surface area contributed by atoms with Gasteiger partial charge in [-0.25, -0.2) is 0 Å². The molecule has 0 spiro atoms. The molecule has 4 rings (SSSR count). The van der Waals surface area contributed by atoms with Crippen molar-refractivity contribution in [2.75, 3.05) is 5.32 Å². The molecule has 1 heterocycles. The molecule has 0 radical (unpaired) electrons. The molecule has 0 bridgehead atoms. The van der Waals surface area contributed by atoms with E-state index >= 15 is 0 Å². The largest absolute Gasteiger partial charge is 0.325 e. The lowest BCUT2D eigenvalue weighted by molar-refractivity contribution is -0.384. The molecule has 0 saturated heterocycles. The number of halogens is 1. The van der Waals surface area contributed by atoms with Crippen LogP contribution in [-0.4, -0.2) is 25.6 Å². The van der Waals surface area contributed by atoms with E-state index in [1.165, 1.54) is 30.0 Å². The van der Waals surface area contributed by atoms with Crippen molar-refractivity contribution in [1.29, 1.82) is 0 Å². The summed E-state index contributed by atoms with van der Waals surface area (Å²) in [5.74, 6) is -0.361. The molecule has 1 aromatic heterocycles. The van der Waals surface area contributed by atoms with E-state index in [1.54, 1.807) is 10.9 Å². The number of para-hydroxylation sites is 1. The second-order valence-electron chi connectivity index (χ2n) is 6.64. The van der Waals surface area contributed by atoms with E-state index in [0.717, 1.165) is 11.3 Å². The Kier molecular flexibility index (Phi) is 6.48. The number of thioether (sulfide) groups is 1. The predicted molar refractivity (Wildman–Crippen MR) is 123 cm³/mol. The van der Waals surface area contributed by atoms with Gasteiger partial charge in [-0.15, -0.1) is 10.2 Å². The molecule has 32 heavy (non-hydrogen) atoms. The van der Waals surface area contributed by atoms with Crippen molar-refractivity contribution >= 4 is 40.6 Å². The highest BCUT2D eigenvalue weighted by molar-refractivity contribution is 8.00. The topological polar surface area (TPSA) is 103 Å². The van der Waals surface area contributed by atoms with Gasteiger partial charge < -0.3 is 5.32 Å². The minimum absolute atomic E-state index is 0.00190. The van der Waals surface area contributed by atoms with E-state index in [1.807, 2.05) is 60.7 Å². The van der Waals surface area contributed by atoms with Crippen LogP contribution >= 0.6 is 23.4 Å². The second-order valence-corrected chi connectivity index (χ2v) is 8.12. The highest BCUT2D eigenvalue weighted by atomic mass is 35.5. The molecule has 0 fully saturated rings. The number of nitrogens with one attached hydrogen (secondary N) is 1. The minimum Gasteiger partial charge on any atom is -0.325 e. The van der Waals surface area contributed by atoms with Crippen molar-refractivity contribution in [3.8, 4) is 5.69 Å². The number of nitro groups is 1. The highest BCUT2D eigenvalue weighted by Crippen LogP contribution is 2.36. The smallest absolute Gasteiger partial charge is 0.289 e. The lowest BCUT2D eigenvalue weighted by Crippen LogP contribution is -2.19. The summed E-state index contributed by atoms with van der Waals surface area (Å²) in [6, 6.07) is 22.9. The van der Waals surface area contributed by atoms with Crippen LogP contribution < -0.4 is 5.32 Å². The Labute approximate surface area is 192 Å². The van der Waals surface area contributed by atoms with E-state index < -0.39 is 10.2 Å². The van der Waals surface area contributed by atoms with Gasteiger partial charge in [0.15, 0.2) is 5.16 Å². The van der Waals surface area contributed by atoms with Crippen LogP contribution in [0, 0.1) is 10.1 Å². The Morgan fingerprint density at radius 3 is 2.44 bits per heavy atom. The first kappa shape index (κ1) is 21.5. The third-order valence-corrected chi connectivity index (χ3v) is 6.06. The fourth-order valence-corrected chi connectivity index (χ4v) is 4.23. The fraction of sp³-hybridized carbons (Fsp3) is 0.0455. The van der Waals surface area contributed by atoms with Crippen LogP contribution in [0.2, 0.25) is 5.02 Å². The van der Waals surface area contributed by atoms with E-state index in [2.05, 4.69) is 15.5 Å². The number of rotatable bonds is 7. The molecule has 0 saturated carbocycles. The number of anilines is 1. The first-order valence-corrected chi connectivity index (χ1v) is 10.7. The molecule has 1 unspecified atom stereocenters. The predicted octanol–water partition coefficient (Wildman–Crippen LogP) is 5.30. The van der Waals surface area contributed by atoms with E-state index in [4.69, 9.17) is 11.6 Å². The summed E-state index contributed by atoms with van der Waals surface area (Å²) >= 11 is 7.11. The Morgan fingerprint density at radius 2 is 1.75 bits per heavy atom. The zero-order valence-corrected chi connectivity index (χ0v) is 18.0. The van der Waals surface area contributed by atoms with Gasteiger partial charge >= 0.3 is 0 Å². The van der Waals surface area contributed by atoms with Gasteiger partial charge in [-0.1, -0.05) is 71.9 Å². The summed E-state index contributed by atoms with van der Waals surface area (Å²) in [7, 11) is 0. The highest BCUT2D eigenvalue weighted by Gasteiger charge is 2.25. The van der Waals surface area contributed by atoms with Crippen molar-refractivity contribution < 1.29 is 9.72 Å². The molecule has 1 atom stereocenters. The third kappa shape index (κ3) is 4.79. The maximum atomic E-state index is 13.3. The molecule has 10 heteroatoms. The van der Waals surface area contributed by atoms with Crippen LogP contribution in [0.15, 0.2) is 90.3 Å². The lowest BCUT2D eigenvalue weighted by atomic mass is 10.1. The summed E-state index contributed by atoms with van der Waals surface area (Å²) in [5, 5.41) is 22.0. The van der Waals surface area contributed by atoms with Gasteiger partial charge in [0.2, 0.25) is 5.91 Å². The zero-order valence-electron chi connectivity index (χ0n) is 16.5. The SMILES string of the molecule is O=C(Nc1ccc(Cl)c([N+](=O)[O-])c1)C(Sc1nncn1-c1ccccc1)c1ccccc1. The molecular formula is C22H16ClN5O3S. The molecule has 1 N–H and O–H groups in total. The van der Waals surface area contributed by atoms with Crippen molar-refractivity contribution in [3.05, 3.63) is 106 Å². The van der Waals surface area contributed by atoms with Gasteiger partial charge in [0.05, 0.1) is 4.92 Å². The minimum atomic E-state index is -0.683. The standard InChI is InChI=1S/C22H16ClN5O3S/c23-18-12-11-16(13-19(18)28(30)31)25-21(29)20(15-7-3-1-4-8-15)32-22-26-24-14-27(22)17-9-5-2-6-10-17/h1-14,20H,(H,25,29). The normalized spacial score (nSPS) is 11.7. The van der Waals surface area contributed by atoms with Gasteiger partial charge in [-0.3, -0.25) is 19.5 Å². The number of nitro benzene ring substituents is 1. The summed E-state index contributed by atoms with van der Waals surface area (Å²) in [5.41, 5.74) is 1.61. The maximum Gasteiger partial charge on any atom is 0.289 e. The molecule has 4 aromatic rings. The van der Waals surface area contributed by atoms with Crippen molar-refractivity contribution in [3.63, 3.8) is 0 Å². The van der Waals surface area contributed by atoms with Gasteiger partial charge in [-0.2, -0.15) is 0 Å². The molecule has 160 valence electrons. The van der Waals surface area contributed by atoms with Crippen LogP contribution in [0.3, 0.4) is 0 Å². The first-order chi connectivity index (χ1) is 15.5. The van der Waals surface area contributed by atoms with Crippen LogP contribution in [0.5, 0.6) is 0 Å². The number of hydrogen-bond donors (Lipinski definition) is 1. The number of aromatic nitrogens is 3. The van der Waals surface area contributed by atoms with Crippen LogP contribution in [0.4, 0.5) is 11.4 Å². The number of carbonyl (C=O) groups is 1. The van der Waals surface area contributed by atoms with E-state index in [9.17, 15) is 14.9 Å². The Hall–Kier alpha value is -3.69. The Balaban J connectivity index is 1.65. The zero-order chi connectivity index (χ0) is 22.5. The molecule has 8 nitrogen and oxygen atoms in total. The quantitative estimate of drug-likeness (QED) is 0.225. The Morgan fingerprint density at radius 1 is 1.06 bits per heavy atom. The molecule has 3 aromatic carbocycles. The maximum absolute atomic E-state index is 13.3. The summed E-state index contributed by atoms with van der Waals surface area (Å²) in [6.07, 6.45) is 1.58. The number of hydrogen-bond acceptors (Lipinski definition) is 6. The average molecular weight is 466 g/mol. The number of benzene rings is 3. The molecule has 0 aliphatic carbocycles. The lowest BCUT2D eigenvalue weighted by Gasteiger charge is -2.17.